The van der Waals surface area contributed by atoms with E-state index in [2.05, 4.69) is 63.6 Å². The highest BCUT2D eigenvalue weighted by molar-refractivity contribution is 7.80. The molecule has 150 valence electrons. The number of halogens is 1. The first-order chi connectivity index (χ1) is 13.5. The lowest BCUT2D eigenvalue weighted by Gasteiger charge is -2.35. The van der Waals surface area contributed by atoms with E-state index in [4.69, 9.17) is 23.8 Å². The van der Waals surface area contributed by atoms with Gasteiger partial charge in [0, 0.05) is 25.7 Å². The average molecular weight is 418 g/mol. The molecule has 0 amide bonds. The molecule has 1 saturated heterocycles. The van der Waals surface area contributed by atoms with E-state index in [9.17, 15) is 0 Å². The number of rotatable bonds is 6. The molecule has 1 aromatic heterocycles. The third kappa shape index (κ3) is 6.31. The van der Waals surface area contributed by atoms with Crippen molar-refractivity contribution in [2.45, 2.75) is 33.1 Å². The molecular formula is C21H28ClN5S. The number of hydrogen-bond donors (Lipinski definition) is 2. The van der Waals surface area contributed by atoms with Crippen molar-refractivity contribution in [1.82, 2.24) is 15.3 Å². The number of aryl methyl sites for hydroxylation is 1. The second-order valence-corrected chi connectivity index (χ2v) is 8.49. The third-order valence-corrected chi connectivity index (χ3v) is 5.31. The van der Waals surface area contributed by atoms with Crippen molar-refractivity contribution in [3.8, 4) is 0 Å². The normalized spacial score (nSPS) is 19.3. The molecule has 1 fully saturated rings. The zero-order valence-electron chi connectivity index (χ0n) is 16.5. The Morgan fingerprint density at radius 1 is 1.18 bits per heavy atom. The van der Waals surface area contributed by atoms with Gasteiger partial charge >= 0.3 is 0 Å². The summed E-state index contributed by atoms with van der Waals surface area (Å²) < 4.78 is 0. The van der Waals surface area contributed by atoms with Crippen molar-refractivity contribution >= 4 is 40.7 Å². The zero-order chi connectivity index (χ0) is 19.9. The molecule has 1 aliphatic heterocycles. The average Bonchev–Trinajstić information content (AvgIpc) is 2.65. The van der Waals surface area contributed by atoms with Gasteiger partial charge in [-0.25, -0.2) is 4.98 Å². The maximum absolute atomic E-state index is 6.24. The largest absolute Gasteiger partial charge is 0.362 e. The lowest BCUT2D eigenvalue weighted by atomic mass is 9.92. The summed E-state index contributed by atoms with van der Waals surface area (Å²) in [4.78, 5) is 11.2. The van der Waals surface area contributed by atoms with E-state index in [1.165, 1.54) is 12.0 Å². The number of thiocarbonyl (C=S) groups is 1. The van der Waals surface area contributed by atoms with Crippen molar-refractivity contribution < 1.29 is 0 Å². The van der Waals surface area contributed by atoms with Crippen LogP contribution in [0.4, 0.5) is 11.8 Å². The van der Waals surface area contributed by atoms with Gasteiger partial charge in [-0.15, -0.1) is 0 Å². The van der Waals surface area contributed by atoms with E-state index < -0.39 is 0 Å². The standard InChI is InChI=1S/C21H28ClN5S/c1-15-11-16(2)14-27(13-15)19-12-18(22)24-20(25-19)26-21(28)23-10-6-9-17-7-4-3-5-8-17/h3-5,7-8,12,15-16H,6,9-11,13-14H2,1-2H3,(H2,23,24,25,26,28)/t15-,16+. The van der Waals surface area contributed by atoms with Gasteiger partial charge in [0.05, 0.1) is 0 Å². The number of aromatic nitrogens is 2. The minimum Gasteiger partial charge on any atom is -0.362 e. The van der Waals surface area contributed by atoms with Crippen LogP contribution in [0.5, 0.6) is 0 Å². The van der Waals surface area contributed by atoms with Crippen molar-refractivity contribution in [3.63, 3.8) is 0 Å². The summed E-state index contributed by atoms with van der Waals surface area (Å²) in [5.41, 5.74) is 1.33. The van der Waals surface area contributed by atoms with Gasteiger partial charge in [0.25, 0.3) is 0 Å². The Labute approximate surface area is 177 Å². The molecule has 0 aliphatic carbocycles. The van der Waals surface area contributed by atoms with E-state index in [0.717, 1.165) is 38.3 Å². The predicted octanol–water partition coefficient (Wildman–Crippen LogP) is 4.53. The van der Waals surface area contributed by atoms with Gasteiger partial charge in [-0.1, -0.05) is 55.8 Å². The summed E-state index contributed by atoms with van der Waals surface area (Å²) in [6.45, 7) is 7.31. The molecule has 0 saturated carbocycles. The maximum Gasteiger partial charge on any atom is 0.232 e. The van der Waals surface area contributed by atoms with Crippen LogP contribution < -0.4 is 15.5 Å². The molecule has 28 heavy (non-hydrogen) atoms. The van der Waals surface area contributed by atoms with Gasteiger partial charge in [0.1, 0.15) is 11.0 Å². The van der Waals surface area contributed by atoms with Crippen LogP contribution in [0.15, 0.2) is 36.4 Å². The Morgan fingerprint density at radius 3 is 2.61 bits per heavy atom. The monoisotopic (exact) mass is 417 g/mol. The fourth-order valence-electron chi connectivity index (χ4n) is 3.76. The predicted molar refractivity (Wildman–Crippen MR) is 121 cm³/mol. The summed E-state index contributed by atoms with van der Waals surface area (Å²) in [5, 5.41) is 7.22. The van der Waals surface area contributed by atoms with Crippen LogP contribution in [0.2, 0.25) is 5.15 Å². The van der Waals surface area contributed by atoms with Gasteiger partial charge in [-0.2, -0.15) is 4.98 Å². The molecule has 0 spiro atoms. The Morgan fingerprint density at radius 2 is 1.89 bits per heavy atom. The lowest BCUT2D eigenvalue weighted by Crippen LogP contribution is -2.39. The first-order valence-electron chi connectivity index (χ1n) is 9.88. The first kappa shape index (κ1) is 20.8. The molecule has 2 atom stereocenters. The molecule has 5 nitrogen and oxygen atoms in total. The second-order valence-electron chi connectivity index (χ2n) is 7.69. The van der Waals surface area contributed by atoms with E-state index in [1.54, 1.807) is 0 Å². The second kappa shape index (κ2) is 10.0. The zero-order valence-corrected chi connectivity index (χ0v) is 18.1. The van der Waals surface area contributed by atoms with Gasteiger partial charge in [0.2, 0.25) is 5.95 Å². The number of nitrogens with one attached hydrogen (secondary N) is 2. The van der Waals surface area contributed by atoms with E-state index in [1.807, 2.05) is 12.1 Å². The smallest absolute Gasteiger partial charge is 0.232 e. The number of benzene rings is 1. The highest BCUT2D eigenvalue weighted by Crippen LogP contribution is 2.27. The number of nitrogens with zero attached hydrogens (tertiary/aromatic N) is 3. The highest BCUT2D eigenvalue weighted by atomic mass is 35.5. The van der Waals surface area contributed by atoms with Crippen LogP contribution in [0.25, 0.3) is 0 Å². The SMILES string of the molecule is C[C@@H]1C[C@H](C)CN(c2cc(Cl)nc(NC(=S)NCCCc3ccccc3)n2)C1. The van der Waals surface area contributed by atoms with Crippen LogP contribution in [-0.4, -0.2) is 34.7 Å². The molecule has 2 N–H and O–H groups in total. The molecule has 2 aromatic rings. The molecular weight excluding hydrogens is 390 g/mol. The lowest BCUT2D eigenvalue weighted by molar-refractivity contribution is 0.355. The van der Waals surface area contributed by atoms with Crippen molar-refractivity contribution in [2.24, 2.45) is 11.8 Å². The summed E-state index contributed by atoms with van der Waals surface area (Å²) in [6, 6.07) is 12.3. The Balaban J connectivity index is 1.52. The fraction of sp³-hybridized carbons (Fsp3) is 0.476. The first-order valence-corrected chi connectivity index (χ1v) is 10.7. The summed E-state index contributed by atoms with van der Waals surface area (Å²) >= 11 is 11.6. The molecule has 7 heteroatoms. The summed E-state index contributed by atoms with van der Waals surface area (Å²) in [6.07, 6.45) is 3.26. The van der Waals surface area contributed by atoms with E-state index in [-0.39, 0.29) is 0 Å². The Kier molecular flexibility index (Phi) is 7.45. The molecule has 0 unspecified atom stereocenters. The Bertz CT molecular complexity index is 776. The summed E-state index contributed by atoms with van der Waals surface area (Å²) in [5.74, 6) is 2.57. The van der Waals surface area contributed by atoms with Crippen LogP contribution in [0, 0.1) is 11.8 Å². The van der Waals surface area contributed by atoms with E-state index in [0.29, 0.717) is 28.0 Å². The van der Waals surface area contributed by atoms with Crippen LogP contribution >= 0.6 is 23.8 Å². The van der Waals surface area contributed by atoms with Crippen LogP contribution in [0.3, 0.4) is 0 Å². The van der Waals surface area contributed by atoms with Gasteiger partial charge in [-0.3, -0.25) is 0 Å². The highest BCUT2D eigenvalue weighted by Gasteiger charge is 2.23. The molecule has 1 aromatic carbocycles. The minimum atomic E-state index is 0.422. The van der Waals surface area contributed by atoms with Crippen LogP contribution in [0.1, 0.15) is 32.3 Å². The Hall–Kier alpha value is -1.92. The number of piperidine rings is 1. The molecule has 0 radical (unpaired) electrons. The van der Waals surface area contributed by atoms with Gasteiger partial charge < -0.3 is 15.5 Å². The van der Waals surface area contributed by atoms with Gasteiger partial charge in [-0.05, 0) is 48.9 Å². The van der Waals surface area contributed by atoms with Crippen LogP contribution in [-0.2, 0) is 6.42 Å². The maximum atomic E-state index is 6.24. The van der Waals surface area contributed by atoms with Crippen molar-refractivity contribution in [1.29, 1.82) is 0 Å². The molecule has 0 bridgehead atoms. The third-order valence-electron chi connectivity index (χ3n) is 4.87. The topological polar surface area (TPSA) is 53.1 Å². The molecule has 1 aliphatic rings. The quantitative estimate of drug-likeness (QED) is 0.409. The summed E-state index contributed by atoms with van der Waals surface area (Å²) in [7, 11) is 0. The minimum absolute atomic E-state index is 0.422. The van der Waals surface area contributed by atoms with Gasteiger partial charge in [0.15, 0.2) is 5.11 Å². The van der Waals surface area contributed by atoms with Crippen molar-refractivity contribution in [3.05, 3.63) is 47.1 Å². The molecule has 2 heterocycles. The van der Waals surface area contributed by atoms with E-state index >= 15 is 0 Å². The fourth-order valence-corrected chi connectivity index (χ4v) is 4.13. The molecule has 3 rings (SSSR count). The number of anilines is 2. The number of hydrogen-bond acceptors (Lipinski definition) is 4. The van der Waals surface area contributed by atoms with Crippen molar-refractivity contribution in [2.75, 3.05) is 29.9 Å².